The van der Waals surface area contributed by atoms with E-state index in [1.54, 1.807) is 24.5 Å². The van der Waals surface area contributed by atoms with Crippen molar-refractivity contribution in [3.8, 4) is 11.1 Å². The van der Waals surface area contributed by atoms with Crippen molar-refractivity contribution in [2.24, 2.45) is 0 Å². The fourth-order valence-electron chi connectivity index (χ4n) is 2.31. The van der Waals surface area contributed by atoms with E-state index in [1.807, 2.05) is 10.6 Å². The molecule has 2 heterocycles. The number of hydrogen-bond acceptors (Lipinski definition) is 2. The Hall–Kier alpha value is -1.01. The maximum Gasteiger partial charge on any atom is 0.270 e. The van der Waals surface area contributed by atoms with Crippen molar-refractivity contribution in [1.82, 2.24) is 14.4 Å². The summed E-state index contributed by atoms with van der Waals surface area (Å²) >= 11 is 0. The molecule has 0 fully saturated rings. The highest BCUT2D eigenvalue weighted by atomic mass is 31.1. The molecule has 8 heteroatoms. The lowest BCUT2D eigenvalue weighted by molar-refractivity contribution is 0.0175. The van der Waals surface area contributed by atoms with Gasteiger partial charge in [0.1, 0.15) is 5.82 Å². The van der Waals surface area contributed by atoms with Gasteiger partial charge in [0.2, 0.25) is 0 Å². The van der Waals surface area contributed by atoms with Crippen molar-refractivity contribution in [2.45, 2.75) is 17.5 Å². The van der Waals surface area contributed by atoms with Gasteiger partial charge in [0.15, 0.2) is 5.65 Å². The number of nitrogens with zero attached hydrogens (tertiary/aromatic N) is 3. The van der Waals surface area contributed by atoms with Gasteiger partial charge in [-0.1, -0.05) is 24.3 Å². The van der Waals surface area contributed by atoms with Crippen LogP contribution in [-0.4, -0.2) is 14.4 Å². The number of hydrogen-bond donors (Lipinski definition) is 0. The Morgan fingerprint density at radius 2 is 1.61 bits per heavy atom. The summed E-state index contributed by atoms with van der Waals surface area (Å²) in [7, 11) is 8.07. The van der Waals surface area contributed by atoms with Gasteiger partial charge in [-0.05, 0) is 5.56 Å². The molecular formula is C15H16F2N3P3. The van der Waals surface area contributed by atoms with Crippen LogP contribution in [0.3, 0.4) is 0 Å². The fourth-order valence-corrected chi connectivity index (χ4v) is 2.95. The molecular weight excluding hydrogens is 353 g/mol. The summed E-state index contributed by atoms with van der Waals surface area (Å²) in [5, 5.41) is 0. The Kier molecular flexibility index (Phi) is 4.25. The van der Waals surface area contributed by atoms with Gasteiger partial charge in [-0.3, -0.25) is 4.40 Å². The third kappa shape index (κ3) is 3.43. The molecule has 23 heavy (non-hydrogen) atoms. The lowest BCUT2D eigenvalue weighted by Crippen LogP contribution is -2.06. The Morgan fingerprint density at radius 3 is 2.17 bits per heavy atom. The second-order valence-corrected chi connectivity index (χ2v) is 10.4. The van der Waals surface area contributed by atoms with E-state index in [1.165, 1.54) is 12.1 Å². The minimum Gasteiger partial charge on any atom is -0.286 e. The van der Waals surface area contributed by atoms with Crippen LogP contribution in [0, 0.1) is 0 Å². The Labute approximate surface area is 139 Å². The van der Waals surface area contributed by atoms with E-state index in [0.717, 1.165) is 29.5 Å². The molecule has 3 aromatic rings. The third-order valence-corrected chi connectivity index (χ3v) is 4.27. The van der Waals surface area contributed by atoms with Gasteiger partial charge < -0.3 is 0 Å². The Morgan fingerprint density at radius 1 is 0.957 bits per heavy atom. The van der Waals surface area contributed by atoms with Gasteiger partial charge in [0.05, 0.1) is 10.8 Å². The van der Waals surface area contributed by atoms with Crippen molar-refractivity contribution >= 4 is 33.4 Å². The first-order valence-electron chi connectivity index (χ1n) is 6.85. The quantitative estimate of drug-likeness (QED) is 0.647. The maximum absolute atomic E-state index is 13.3. The van der Waals surface area contributed by atoms with Gasteiger partial charge in [-0.25, -0.2) is 18.7 Å². The van der Waals surface area contributed by atoms with Crippen molar-refractivity contribution < 1.29 is 8.78 Å². The van der Waals surface area contributed by atoms with Crippen LogP contribution >= 0.6 is 27.7 Å². The van der Waals surface area contributed by atoms with Crippen LogP contribution < -0.4 is 0 Å². The Bertz CT molecular complexity index is 849. The second-order valence-electron chi connectivity index (χ2n) is 5.55. The highest BCUT2D eigenvalue weighted by Crippen LogP contribution is 2.44. The van der Waals surface area contributed by atoms with Crippen LogP contribution in [0.15, 0.2) is 42.9 Å². The largest absolute Gasteiger partial charge is 0.286 e. The molecule has 0 saturated heterocycles. The van der Waals surface area contributed by atoms with Crippen molar-refractivity contribution in [2.75, 3.05) is 0 Å². The highest BCUT2D eigenvalue weighted by Gasteiger charge is 2.24. The van der Waals surface area contributed by atoms with Crippen LogP contribution in [0.1, 0.15) is 18.3 Å². The lowest BCUT2D eigenvalue weighted by Gasteiger charge is -2.16. The van der Waals surface area contributed by atoms with Gasteiger partial charge in [0.25, 0.3) is 5.92 Å². The van der Waals surface area contributed by atoms with Crippen LogP contribution in [-0.2, 0) is 10.6 Å². The third-order valence-electron chi connectivity index (χ3n) is 3.49. The maximum atomic E-state index is 13.3. The molecule has 3 atom stereocenters. The smallest absolute Gasteiger partial charge is 0.270 e. The van der Waals surface area contributed by atoms with Gasteiger partial charge in [-0.2, -0.15) is 0 Å². The average molecular weight is 369 g/mol. The van der Waals surface area contributed by atoms with Crippen molar-refractivity contribution in [1.29, 1.82) is 0 Å². The topological polar surface area (TPSA) is 30.2 Å². The van der Waals surface area contributed by atoms with E-state index < -0.39 is 5.92 Å². The van der Waals surface area contributed by atoms with E-state index in [9.17, 15) is 8.78 Å². The van der Waals surface area contributed by atoms with E-state index in [0.29, 0.717) is 0 Å². The number of fused-ring (bicyclic) bond motifs is 1. The van der Waals surface area contributed by atoms with Crippen LogP contribution in [0.4, 0.5) is 8.78 Å². The molecule has 3 unspecified atom stereocenters. The molecule has 0 amide bonds. The summed E-state index contributed by atoms with van der Waals surface area (Å²) in [6.45, 7) is 0.893. The lowest BCUT2D eigenvalue weighted by atomic mass is 10.0. The molecule has 0 N–H and O–H groups in total. The highest BCUT2D eigenvalue weighted by molar-refractivity contribution is 7.56. The minimum atomic E-state index is -2.84. The van der Waals surface area contributed by atoms with Crippen LogP contribution in [0.2, 0.25) is 0 Å². The first kappa shape index (κ1) is 16.8. The summed E-state index contributed by atoms with van der Waals surface area (Å²) in [4.78, 5) is 8.77. The standard InChI is InChI=1S/C15H16F2N3P3/c1-14(16,17)11-4-2-9(3-5-11)10-6-18-12-7-19-13(15(21,22)23)20(12)8-10/h2-8H,21-23H2,1H3. The van der Waals surface area contributed by atoms with Crippen molar-refractivity contribution in [3.05, 3.63) is 54.2 Å². The van der Waals surface area contributed by atoms with Gasteiger partial charge in [-0.15, -0.1) is 27.7 Å². The number of alkyl halides is 2. The molecule has 1 aromatic carbocycles. The number of benzene rings is 1. The molecule has 3 nitrogen and oxygen atoms in total. The number of halogens is 2. The predicted molar refractivity (Wildman–Crippen MR) is 98.8 cm³/mol. The number of rotatable bonds is 3. The van der Waals surface area contributed by atoms with E-state index in [-0.39, 0.29) is 10.2 Å². The summed E-state index contributed by atoms with van der Waals surface area (Å²) in [6.07, 6.45) is 5.33. The molecule has 3 rings (SSSR count). The summed E-state index contributed by atoms with van der Waals surface area (Å²) < 4.78 is 28.1. The van der Waals surface area contributed by atoms with E-state index >= 15 is 0 Å². The zero-order valence-electron chi connectivity index (χ0n) is 12.4. The molecule has 0 aliphatic carbocycles. The monoisotopic (exact) mass is 369 g/mol. The summed E-state index contributed by atoms with van der Waals surface area (Å²) in [6, 6.07) is 6.25. The van der Waals surface area contributed by atoms with Crippen LogP contribution in [0.25, 0.3) is 16.8 Å². The first-order valence-corrected chi connectivity index (χ1v) is 8.58. The zero-order valence-corrected chi connectivity index (χ0v) is 15.8. The molecule has 120 valence electrons. The van der Waals surface area contributed by atoms with Gasteiger partial charge >= 0.3 is 0 Å². The SMILES string of the molecule is CC(F)(F)c1ccc(-c2cnc3cnc(C(P)(P)P)n3c2)cc1. The first-order chi connectivity index (χ1) is 10.7. The minimum absolute atomic E-state index is 0.00232. The van der Waals surface area contributed by atoms with Gasteiger partial charge in [0, 0.05) is 30.4 Å². The molecule has 0 aliphatic rings. The van der Waals surface area contributed by atoms with Crippen LogP contribution in [0.5, 0.6) is 0 Å². The normalized spacial score (nSPS) is 12.8. The summed E-state index contributed by atoms with van der Waals surface area (Å²) in [5.41, 5.74) is 2.40. The number of imidazole rings is 1. The number of aromatic nitrogens is 3. The fraction of sp³-hybridized carbons (Fsp3) is 0.200. The second kappa shape index (κ2) is 5.81. The molecule has 0 radical (unpaired) electrons. The molecule has 0 spiro atoms. The predicted octanol–water partition coefficient (Wildman–Crippen LogP) is 4.24. The van der Waals surface area contributed by atoms with E-state index in [2.05, 4.69) is 37.7 Å². The molecule has 0 aliphatic heterocycles. The zero-order chi connectivity index (χ0) is 16.8. The molecule has 0 bridgehead atoms. The molecule has 0 saturated carbocycles. The average Bonchev–Trinajstić information content (AvgIpc) is 2.89. The summed E-state index contributed by atoms with van der Waals surface area (Å²) in [5.74, 6) is -2.03. The van der Waals surface area contributed by atoms with E-state index in [4.69, 9.17) is 0 Å². The Balaban J connectivity index is 2.07. The van der Waals surface area contributed by atoms with Crippen molar-refractivity contribution in [3.63, 3.8) is 0 Å². The molecule has 2 aromatic heterocycles.